The van der Waals surface area contributed by atoms with Gasteiger partial charge in [0.15, 0.2) is 17.8 Å². The van der Waals surface area contributed by atoms with Gasteiger partial charge in [0, 0.05) is 6.07 Å². The van der Waals surface area contributed by atoms with Crippen molar-refractivity contribution in [2.24, 2.45) is 0 Å². The van der Waals surface area contributed by atoms with Crippen molar-refractivity contribution in [2.45, 2.75) is 13.2 Å². The predicted molar refractivity (Wildman–Crippen MR) is 44.9 cm³/mol. The van der Waals surface area contributed by atoms with Crippen molar-refractivity contribution in [1.82, 2.24) is 0 Å². The molecule has 4 heteroatoms. The van der Waals surface area contributed by atoms with Crippen LogP contribution in [0.2, 0.25) is 0 Å². The van der Waals surface area contributed by atoms with E-state index in [0.29, 0.717) is 17.2 Å². The summed E-state index contributed by atoms with van der Waals surface area (Å²) < 4.78 is 15.3. The largest absolute Gasteiger partial charge is 0.465 e. The SMILES string of the molecule is CC(O)Oc1ccc2c(c1)OCO2. The van der Waals surface area contributed by atoms with Crippen molar-refractivity contribution in [3.63, 3.8) is 0 Å². The molecule has 4 nitrogen and oxygen atoms in total. The first-order valence-electron chi connectivity index (χ1n) is 4.00. The predicted octanol–water partition coefficient (Wildman–Crippen LogP) is 1.13. The second kappa shape index (κ2) is 3.14. The fraction of sp³-hybridized carbons (Fsp3) is 0.333. The smallest absolute Gasteiger partial charge is 0.231 e. The van der Waals surface area contributed by atoms with Crippen LogP contribution in [0.25, 0.3) is 0 Å². The minimum Gasteiger partial charge on any atom is -0.465 e. The number of hydrogen-bond acceptors (Lipinski definition) is 4. The van der Waals surface area contributed by atoms with Gasteiger partial charge in [-0.05, 0) is 19.1 Å². The second-order valence-electron chi connectivity index (χ2n) is 2.73. The normalized spacial score (nSPS) is 15.5. The third-order valence-electron chi connectivity index (χ3n) is 1.65. The number of benzene rings is 1. The molecule has 0 radical (unpaired) electrons. The molecule has 1 N–H and O–H groups in total. The molecule has 0 spiro atoms. The average molecular weight is 182 g/mol. The van der Waals surface area contributed by atoms with Gasteiger partial charge < -0.3 is 19.3 Å². The Morgan fingerprint density at radius 2 is 2.15 bits per heavy atom. The maximum Gasteiger partial charge on any atom is 0.231 e. The van der Waals surface area contributed by atoms with Crippen molar-refractivity contribution < 1.29 is 19.3 Å². The molecule has 13 heavy (non-hydrogen) atoms. The summed E-state index contributed by atoms with van der Waals surface area (Å²) in [5, 5.41) is 8.96. The maximum absolute atomic E-state index is 8.96. The van der Waals surface area contributed by atoms with Crippen LogP contribution in [0.1, 0.15) is 6.92 Å². The highest BCUT2D eigenvalue weighted by molar-refractivity contribution is 5.46. The van der Waals surface area contributed by atoms with Crippen molar-refractivity contribution >= 4 is 0 Å². The highest BCUT2D eigenvalue weighted by Gasteiger charge is 2.13. The van der Waals surface area contributed by atoms with Crippen LogP contribution in [-0.2, 0) is 0 Å². The van der Waals surface area contributed by atoms with Gasteiger partial charge in [-0.1, -0.05) is 0 Å². The summed E-state index contributed by atoms with van der Waals surface area (Å²) in [6, 6.07) is 5.16. The van der Waals surface area contributed by atoms with E-state index < -0.39 is 6.29 Å². The van der Waals surface area contributed by atoms with E-state index in [1.54, 1.807) is 25.1 Å². The molecule has 0 amide bonds. The topological polar surface area (TPSA) is 47.9 Å². The fourth-order valence-electron chi connectivity index (χ4n) is 1.15. The van der Waals surface area contributed by atoms with E-state index in [9.17, 15) is 0 Å². The number of hydrogen-bond donors (Lipinski definition) is 1. The Hall–Kier alpha value is -1.42. The maximum atomic E-state index is 8.96. The zero-order valence-electron chi connectivity index (χ0n) is 7.19. The summed E-state index contributed by atoms with van der Waals surface area (Å²) in [7, 11) is 0. The van der Waals surface area contributed by atoms with Gasteiger partial charge in [-0.15, -0.1) is 0 Å². The molecule has 0 saturated heterocycles. The first kappa shape index (κ1) is 8.19. The van der Waals surface area contributed by atoms with Gasteiger partial charge in [0.1, 0.15) is 5.75 Å². The lowest BCUT2D eigenvalue weighted by Crippen LogP contribution is -2.09. The molecule has 0 aromatic heterocycles. The van der Waals surface area contributed by atoms with Gasteiger partial charge in [-0.2, -0.15) is 0 Å². The number of aliphatic hydroxyl groups is 1. The molecular weight excluding hydrogens is 172 g/mol. The molecule has 2 rings (SSSR count). The van der Waals surface area contributed by atoms with Crippen LogP contribution in [0.5, 0.6) is 17.2 Å². The summed E-state index contributed by atoms with van der Waals surface area (Å²) in [4.78, 5) is 0. The lowest BCUT2D eigenvalue weighted by Gasteiger charge is -2.08. The van der Waals surface area contributed by atoms with Gasteiger partial charge in [-0.3, -0.25) is 0 Å². The quantitative estimate of drug-likeness (QED) is 0.696. The van der Waals surface area contributed by atoms with Gasteiger partial charge >= 0.3 is 0 Å². The van der Waals surface area contributed by atoms with Crippen LogP contribution < -0.4 is 14.2 Å². The van der Waals surface area contributed by atoms with Gasteiger partial charge in [0.05, 0.1) is 0 Å². The number of ether oxygens (including phenoxy) is 3. The summed E-state index contributed by atoms with van der Waals surface area (Å²) in [5.74, 6) is 1.93. The molecule has 1 aromatic rings. The molecule has 1 aliphatic heterocycles. The van der Waals surface area contributed by atoms with Gasteiger partial charge in [0.25, 0.3) is 0 Å². The lowest BCUT2D eigenvalue weighted by molar-refractivity contribution is -0.000385. The first-order valence-corrected chi connectivity index (χ1v) is 4.00. The highest BCUT2D eigenvalue weighted by Crippen LogP contribution is 2.35. The average Bonchev–Trinajstić information content (AvgIpc) is 2.49. The van der Waals surface area contributed by atoms with Crippen LogP contribution in [0, 0.1) is 0 Å². The standard InChI is InChI=1S/C9H10O4/c1-6(10)13-7-2-3-8-9(4-7)12-5-11-8/h2-4,6,10H,5H2,1H3. The van der Waals surface area contributed by atoms with Crippen molar-refractivity contribution in [1.29, 1.82) is 0 Å². The molecule has 0 aliphatic carbocycles. The summed E-state index contributed by atoms with van der Waals surface area (Å²) in [6.07, 6.45) is -0.819. The molecule has 1 unspecified atom stereocenters. The third kappa shape index (κ3) is 1.67. The highest BCUT2D eigenvalue weighted by atomic mass is 16.7. The van der Waals surface area contributed by atoms with E-state index in [0.717, 1.165) is 0 Å². The molecule has 70 valence electrons. The molecule has 0 bridgehead atoms. The molecular formula is C9H10O4. The van der Waals surface area contributed by atoms with Gasteiger partial charge in [-0.25, -0.2) is 0 Å². The summed E-state index contributed by atoms with van der Waals surface area (Å²) >= 11 is 0. The Morgan fingerprint density at radius 3 is 2.92 bits per heavy atom. The molecule has 1 atom stereocenters. The molecule has 1 heterocycles. The summed E-state index contributed by atoms with van der Waals surface area (Å²) in [5.41, 5.74) is 0. The van der Waals surface area contributed by atoms with E-state index in [2.05, 4.69) is 0 Å². The molecule has 1 aromatic carbocycles. The van der Waals surface area contributed by atoms with Crippen LogP contribution in [0.3, 0.4) is 0 Å². The fourth-order valence-corrected chi connectivity index (χ4v) is 1.15. The van der Waals surface area contributed by atoms with E-state index in [-0.39, 0.29) is 6.79 Å². The zero-order valence-corrected chi connectivity index (χ0v) is 7.19. The molecule has 0 saturated carbocycles. The number of rotatable bonds is 2. The van der Waals surface area contributed by atoms with E-state index >= 15 is 0 Å². The summed E-state index contributed by atoms with van der Waals surface area (Å²) in [6.45, 7) is 1.79. The Balaban J connectivity index is 2.21. The van der Waals surface area contributed by atoms with E-state index in [1.165, 1.54) is 0 Å². The lowest BCUT2D eigenvalue weighted by atomic mass is 10.3. The van der Waals surface area contributed by atoms with Crippen LogP contribution in [0.4, 0.5) is 0 Å². The number of fused-ring (bicyclic) bond motifs is 1. The molecule has 1 aliphatic rings. The zero-order chi connectivity index (χ0) is 9.26. The van der Waals surface area contributed by atoms with E-state index in [1.807, 2.05) is 0 Å². The second-order valence-corrected chi connectivity index (χ2v) is 2.73. The van der Waals surface area contributed by atoms with Gasteiger partial charge in [0.2, 0.25) is 6.79 Å². The van der Waals surface area contributed by atoms with Crippen molar-refractivity contribution in [3.05, 3.63) is 18.2 Å². The minimum absolute atomic E-state index is 0.244. The Kier molecular flexibility index (Phi) is 1.98. The number of aliphatic hydroxyl groups excluding tert-OH is 1. The van der Waals surface area contributed by atoms with E-state index in [4.69, 9.17) is 19.3 Å². The van der Waals surface area contributed by atoms with Crippen LogP contribution >= 0.6 is 0 Å². The Labute approximate surface area is 75.7 Å². The van der Waals surface area contributed by atoms with Crippen LogP contribution in [-0.4, -0.2) is 18.2 Å². The van der Waals surface area contributed by atoms with Crippen molar-refractivity contribution in [3.8, 4) is 17.2 Å². The first-order chi connectivity index (χ1) is 6.25. The third-order valence-corrected chi connectivity index (χ3v) is 1.65. The Bertz CT molecular complexity index is 308. The Morgan fingerprint density at radius 1 is 1.38 bits per heavy atom. The minimum atomic E-state index is -0.819. The van der Waals surface area contributed by atoms with Crippen molar-refractivity contribution in [2.75, 3.05) is 6.79 Å². The van der Waals surface area contributed by atoms with Crippen LogP contribution in [0.15, 0.2) is 18.2 Å². The monoisotopic (exact) mass is 182 g/mol. The molecule has 0 fully saturated rings.